The van der Waals surface area contributed by atoms with E-state index in [1.165, 1.54) is 0 Å². The number of carbonyl (C=O) groups is 1. The number of hydrogen-bond donors (Lipinski definition) is 1. The van der Waals surface area contributed by atoms with Gasteiger partial charge in [0.25, 0.3) is 5.91 Å². The Kier molecular flexibility index (Phi) is 6.49. The molecule has 24 heavy (non-hydrogen) atoms. The van der Waals surface area contributed by atoms with Crippen molar-refractivity contribution in [2.45, 2.75) is 13.0 Å². The summed E-state index contributed by atoms with van der Waals surface area (Å²) >= 11 is 3.38. The van der Waals surface area contributed by atoms with Crippen LogP contribution >= 0.6 is 15.9 Å². The third-order valence-electron chi connectivity index (χ3n) is 3.48. The van der Waals surface area contributed by atoms with Crippen LogP contribution in [0.25, 0.3) is 0 Å². The molecule has 128 valence electrons. The summed E-state index contributed by atoms with van der Waals surface area (Å²) in [6, 6.07) is 12.6. The highest BCUT2D eigenvalue weighted by molar-refractivity contribution is 9.10. The van der Waals surface area contributed by atoms with Crippen molar-refractivity contribution in [2.75, 3.05) is 20.8 Å². The van der Waals surface area contributed by atoms with Crippen LogP contribution in [0.5, 0.6) is 17.2 Å². The van der Waals surface area contributed by atoms with Gasteiger partial charge in [0.2, 0.25) is 0 Å². The molecule has 0 spiro atoms. The largest absolute Gasteiger partial charge is 0.497 e. The first-order valence-electron chi connectivity index (χ1n) is 7.43. The maximum Gasteiger partial charge on any atom is 0.258 e. The second-order valence-electron chi connectivity index (χ2n) is 5.12. The minimum Gasteiger partial charge on any atom is -0.497 e. The number of benzene rings is 2. The summed E-state index contributed by atoms with van der Waals surface area (Å²) in [7, 11) is 3.19. The molecule has 0 heterocycles. The lowest BCUT2D eigenvalue weighted by molar-refractivity contribution is -0.123. The molecule has 6 heteroatoms. The zero-order valence-electron chi connectivity index (χ0n) is 13.8. The number of carbonyl (C=O) groups excluding carboxylic acids is 1. The van der Waals surface area contributed by atoms with Crippen LogP contribution in [-0.4, -0.2) is 26.7 Å². The highest BCUT2D eigenvalue weighted by Gasteiger charge is 2.16. The van der Waals surface area contributed by atoms with Crippen molar-refractivity contribution in [1.82, 2.24) is 5.32 Å². The first-order valence-corrected chi connectivity index (χ1v) is 8.23. The fourth-order valence-corrected chi connectivity index (χ4v) is 2.64. The van der Waals surface area contributed by atoms with Crippen molar-refractivity contribution in [3.8, 4) is 17.2 Å². The zero-order valence-corrected chi connectivity index (χ0v) is 15.4. The SMILES string of the molecule is COc1ccc(OC)c(C(C)NC(=O)COc2ccccc2Br)c1. The van der Waals surface area contributed by atoms with Crippen LogP contribution in [0.4, 0.5) is 0 Å². The molecule has 2 rings (SSSR count). The van der Waals surface area contributed by atoms with Gasteiger partial charge in [0.1, 0.15) is 17.2 Å². The van der Waals surface area contributed by atoms with Crippen LogP contribution in [0, 0.1) is 0 Å². The lowest BCUT2D eigenvalue weighted by atomic mass is 10.1. The minimum atomic E-state index is -0.245. The normalized spacial score (nSPS) is 11.5. The summed E-state index contributed by atoms with van der Waals surface area (Å²) in [5.74, 6) is 1.80. The standard InChI is InChI=1S/C18H20BrNO4/c1-12(14-10-13(22-2)8-9-16(14)23-3)20-18(21)11-24-17-7-5-4-6-15(17)19/h4-10,12H,11H2,1-3H3,(H,20,21). The van der Waals surface area contributed by atoms with Gasteiger partial charge in [-0.05, 0) is 53.2 Å². The third-order valence-corrected chi connectivity index (χ3v) is 4.13. The molecular formula is C18H20BrNO4. The molecule has 5 nitrogen and oxygen atoms in total. The molecule has 0 aliphatic rings. The lowest BCUT2D eigenvalue weighted by Gasteiger charge is -2.18. The van der Waals surface area contributed by atoms with Gasteiger partial charge in [-0.1, -0.05) is 12.1 Å². The van der Waals surface area contributed by atoms with E-state index in [1.54, 1.807) is 20.3 Å². The van der Waals surface area contributed by atoms with E-state index in [9.17, 15) is 4.79 Å². The molecule has 0 saturated carbocycles. The quantitative estimate of drug-likeness (QED) is 0.778. The van der Waals surface area contributed by atoms with Crippen molar-refractivity contribution < 1.29 is 19.0 Å². The van der Waals surface area contributed by atoms with Gasteiger partial charge < -0.3 is 19.5 Å². The van der Waals surface area contributed by atoms with E-state index in [1.807, 2.05) is 43.3 Å². The minimum absolute atomic E-state index is 0.0702. The Hall–Kier alpha value is -2.21. The van der Waals surface area contributed by atoms with Crippen molar-refractivity contribution in [1.29, 1.82) is 0 Å². The summed E-state index contributed by atoms with van der Waals surface area (Å²) in [6.07, 6.45) is 0. The number of halogens is 1. The molecule has 0 aliphatic heterocycles. The van der Waals surface area contributed by atoms with Crippen molar-refractivity contribution in [2.24, 2.45) is 0 Å². The van der Waals surface area contributed by atoms with Crippen LogP contribution in [-0.2, 0) is 4.79 Å². The summed E-state index contributed by atoms with van der Waals surface area (Å²) < 4.78 is 16.9. The fourth-order valence-electron chi connectivity index (χ4n) is 2.24. The Morgan fingerprint density at radius 1 is 1.12 bits per heavy atom. The first-order chi connectivity index (χ1) is 11.5. The number of amides is 1. The summed E-state index contributed by atoms with van der Waals surface area (Å²) in [4.78, 5) is 12.1. The van der Waals surface area contributed by atoms with Gasteiger partial charge in [-0.25, -0.2) is 0 Å². The molecule has 1 N–H and O–H groups in total. The molecule has 1 amide bonds. The summed E-state index contributed by atoms with van der Waals surface area (Å²) in [5, 5.41) is 2.90. The Bertz CT molecular complexity index is 705. The third kappa shape index (κ3) is 4.64. The Morgan fingerprint density at radius 2 is 1.88 bits per heavy atom. The second kappa shape index (κ2) is 8.59. The van der Waals surface area contributed by atoms with Crippen molar-refractivity contribution in [3.05, 3.63) is 52.5 Å². The van der Waals surface area contributed by atoms with E-state index in [0.29, 0.717) is 17.2 Å². The summed E-state index contributed by atoms with van der Waals surface area (Å²) in [6.45, 7) is 1.81. The van der Waals surface area contributed by atoms with Crippen molar-refractivity contribution in [3.63, 3.8) is 0 Å². The molecule has 0 bridgehead atoms. The van der Waals surface area contributed by atoms with E-state index in [-0.39, 0.29) is 18.6 Å². The maximum atomic E-state index is 12.1. The molecule has 0 radical (unpaired) electrons. The molecule has 0 aromatic heterocycles. The Morgan fingerprint density at radius 3 is 2.54 bits per heavy atom. The van der Waals surface area contributed by atoms with Gasteiger partial charge in [0.05, 0.1) is 24.7 Å². The molecule has 0 saturated heterocycles. The number of methoxy groups -OCH3 is 2. The molecular weight excluding hydrogens is 374 g/mol. The average Bonchev–Trinajstić information content (AvgIpc) is 2.60. The number of para-hydroxylation sites is 1. The van der Waals surface area contributed by atoms with Gasteiger partial charge in [0.15, 0.2) is 6.61 Å². The van der Waals surface area contributed by atoms with Crippen LogP contribution < -0.4 is 19.5 Å². The lowest BCUT2D eigenvalue weighted by Crippen LogP contribution is -2.31. The van der Waals surface area contributed by atoms with Gasteiger partial charge >= 0.3 is 0 Å². The molecule has 0 fully saturated rings. The van der Waals surface area contributed by atoms with E-state index in [2.05, 4.69) is 21.2 Å². The number of hydrogen-bond acceptors (Lipinski definition) is 4. The van der Waals surface area contributed by atoms with Crippen LogP contribution in [0.15, 0.2) is 46.9 Å². The maximum absolute atomic E-state index is 12.1. The van der Waals surface area contributed by atoms with Crippen LogP contribution in [0.2, 0.25) is 0 Å². The van der Waals surface area contributed by atoms with Crippen LogP contribution in [0.3, 0.4) is 0 Å². The van der Waals surface area contributed by atoms with Crippen LogP contribution in [0.1, 0.15) is 18.5 Å². The highest BCUT2D eigenvalue weighted by atomic mass is 79.9. The van der Waals surface area contributed by atoms with E-state index in [0.717, 1.165) is 10.0 Å². The predicted octanol–water partition coefficient (Wildman–Crippen LogP) is 3.72. The average molecular weight is 394 g/mol. The monoisotopic (exact) mass is 393 g/mol. The number of ether oxygens (including phenoxy) is 3. The summed E-state index contributed by atoms with van der Waals surface area (Å²) in [5.41, 5.74) is 0.839. The topological polar surface area (TPSA) is 56.8 Å². The van der Waals surface area contributed by atoms with Gasteiger partial charge in [-0.2, -0.15) is 0 Å². The highest BCUT2D eigenvalue weighted by Crippen LogP contribution is 2.29. The molecule has 1 atom stereocenters. The van der Waals surface area contributed by atoms with E-state index >= 15 is 0 Å². The number of rotatable bonds is 7. The smallest absolute Gasteiger partial charge is 0.258 e. The Balaban J connectivity index is 2.00. The molecule has 2 aromatic rings. The first kappa shape index (κ1) is 18.1. The van der Waals surface area contributed by atoms with Gasteiger partial charge in [-0.15, -0.1) is 0 Å². The fraction of sp³-hybridized carbons (Fsp3) is 0.278. The Labute approximate surface area is 150 Å². The van der Waals surface area contributed by atoms with Crippen molar-refractivity contribution >= 4 is 21.8 Å². The van der Waals surface area contributed by atoms with E-state index < -0.39 is 0 Å². The zero-order chi connectivity index (χ0) is 17.5. The predicted molar refractivity (Wildman–Crippen MR) is 95.7 cm³/mol. The number of nitrogens with one attached hydrogen (secondary N) is 1. The molecule has 2 aromatic carbocycles. The van der Waals surface area contributed by atoms with Gasteiger partial charge in [0, 0.05) is 5.56 Å². The molecule has 0 aliphatic carbocycles. The second-order valence-corrected chi connectivity index (χ2v) is 5.97. The van der Waals surface area contributed by atoms with E-state index in [4.69, 9.17) is 14.2 Å². The van der Waals surface area contributed by atoms with Gasteiger partial charge in [-0.3, -0.25) is 4.79 Å². The molecule has 1 unspecified atom stereocenters.